The number of aryl methyl sites for hydroxylation is 1. The topological polar surface area (TPSA) is 63.1 Å². The largest absolute Gasteiger partial charge is 0.351 e. The van der Waals surface area contributed by atoms with Gasteiger partial charge in [-0.3, -0.25) is 19.4 Å². The summed E-state index contributed by atoms with van der Waals surface area (Å²) in [4.78, 5) is 19.9. The quantitative estimate of drug-likeness (QED) is 0.535. The highest BCUT2D eigenvalue weighted by Crippen LogP contribution is 2.30. The number of benzene rings is 1. The summed E-state index contributed by atoms with van der Waals surface area (Å²) in [6.45, 7) is 3.22. The first-order chi connectivity index (χ1) is 16.3. The van der Waals surface area contributed by atoms with E-state index in [0.717, 1.165) is 43.5 Å². The van der Waals surface area contributed by atoms with Crippen molar-refractivity contribution in [2.24, 2.45) is 0 Å². The molecular weight excluding hydrogens is 410 g/mol. The minimum atomic E-state index is -0.0407. The van der Waals surface area contributed by atoms with Crippen molar-refractivity contribution in [1.82, 2.24) is 25.0 Å². The van der Waals surface area contributed by atoms with Crippen molar-refractivity contribution in [2.45, 2.75) is 64.1 Å². The lowest BCUT2D eigenvalue weighted by molar-refractivity contribution is 0.0944. The predicted molar refractivity (Wildman–Crippen MR) is 129 cm³/mol. The second-order valence-corrected chi connectivity index (χ2v) is 9.29. The molecule has 1 N–H and O–H groups in total. The molecule has 1 aliphatic heterocycles. The highest BCUT2D eigenvalue weighted by atomic mass is 16.1. The number of hydrogen-bond donors (Lipinski definition) is 1. The van der Waals surface area contributed by atoms with Crippen molar-refractivity contribution >= 4 is 5.91 Å². The molecule has 2 aromatic heterocycles. The van der Waals surface area contributed by atoms with Gasteiger partial charge in [0.15, 0.2) is 5.69 Å². The van der Waals surface area contributed by atoms with Crippen LogP contribution in [-0.2, 0) is 25.9 Å². The van der Waals surface area contributed by atoms with E-state index in [2.05, 4.69) is 44.1 Å². The van der Waals surface area contributed by atoms with Crippen LogP contribution in [0, 0.1) is 0 Å². The van der Waals surface area contributed by atoms with Crippen LogP contribution in [0.25, 0.3) is 0 Å². The van der Waals surface area contributed by atoms with E-state index in [1.807, 2.05) is 30.6 Å². The number of amides is 1. The molecule has 33 heavy (non-hydrogen) atoms. The molecule has 0 saturated heterocycles. The second kappa shape index (κ2) is 10.3. The molecule has 3 aromatic rings. The fourth-order valence-corrected chi connectivity index (χ4v) is 5.29. The maximum atomic E-state index is 13.2. The summed E-state index contributed by atoms with van der Waals surface area (Å²) in [6, 6.07) is 15.1. The van der Waals surface area contributed by atoms with Crippen molar-refractivity contribution in [2.75, 3.05) is 13.1 Å². The summed E-state index contributed by atoms with van der Waals surface area (Å²) in [5, 5.41) is 7.98. The molecule has 172 valence electrons. The van der Waals surface area contributed by atoms with Gasteiger partial charge in [-0.2, -0.15) is 5.10 Å². The van der Waals surface area contributed by atoms with E-state index in [1.165, 1.54) is 36.9 Å². The SMILES string of the molecule is O=C(NCCCc1ccccc1)c1nn(Cc2ccncc2)c2c1CN(C1CCCC1)CC2. The number of pyridine rings is 1. The number of carbonyl (C=O) groups is 1. The van der Waals surface area contributed by atoms with Crippen LogP contribution in [0.5, 0.6) is 0 Å². The van der Waals surface area contributed by atoms with Crippen molar-refractivity contribution in [3.63, 3.8) is 0 Å². The Morgan fingerprint density at radius 3 is 2.61 bits per heavy atom. The molecule has 1 aliphatic carbocycles. The maximum Gasteiger partial charge on any atom is 0.272 e. The zero-order valence-electron chi connectivity index (χ0n) is 19.2. The zero-order chi connectivity index (χ0) is 22.5. The Morgan fingerprint density at radius 1 is 1.03 bits per heavy atom. The van der Waals surface area contributed by atoms with Gasteiger partial charge in [0.2, 0.25) is 0 Å². The minimum Gasteiger partial charge on any atom is -0.351 e. The monoisotopic (exact) mass is 443 g/mol. The zero-order valence-corrected chi connectivity index (χ0v) is 19.2. The number of nitrogens with one attached hydrogen (secondary N) is 1. The average Bonchev–Trinajstić information content (AvgIpc) is 3.52. The molecule has 0 spiro atoms. The van der Waals surface area contributed by atoms with E-state index in [4.69, 9.17) is 5.10 Å². The van der Waals surface area contributed by atoms with Gasteiger partial charge in [0.05, 0.1) is 6.54 Å². The first-order valence-corrected chi connectivity index (χ1v) is 12.3. The molecule has 0 bridgehead atoms. The molecule has 0 radical (unpaired) electrons. The Labute approximate surface area is 196 Å². The summed E-state index contributed by atoms with van der Waals surface area (Å²) >= 11 is 0. The van der Waals surface area contributed by atoms with Crippen LogP contribution in [0.2, 0.25) is 0 Å². The van der Waals surface area contributed by atoms with Crippen LogP contribution >= 0.6 is 0 Å². The molecule has 6 heteroatoms. The van der Waals surface area contributed by atoms with Crippen molar-refractivity contribution < 1.29 is 4.79 Å². The number of hydrogen-bond acceptors (Lipinski definition) is 4. The van der Waals surface area contributed by atoms with E-state index in [9.17, 15) is 4.79 Å². The Balaban J connectivity index is 1.31. The van der Waals surface area contributed by atoms with Crippen LogP contribution in [0.3, 0.4) is 0 Å². The van der Waals surface area contributed by atoms with Crippen molar-refractivity contribution in [3.8, 4) is 0 Å². The predicted octanol–water partition coefficient (Wildman–Crippen LogP) is 3.99. The maximum absolute atomic E-state index is 13.2. The molecule has 0 unspecified atom stereocenters. The van der Waals surface area contributed by atoms with Gasteiger partial charge >= 0.3 is 0 Å². The van der Waals surface area contributed by atoms with E-state index < -0.39 is 0 Å². The smallest absolute Gasteiger partial charge is 0.272 e. The summed E-state index contributed by atoms with van der Waals surface area (Å²) < 4.78 is 2.05. The Hall–Kier alpha value is -2.99. The van der Waals surface area contributed by atoms with Gasteiger partial charge in [-0.05, 0) is 48.9 Å². The third kappa shape index (κ3) is 5.17. The van der Waals surface area contributed by atoms with Gasteiger partial charge < -0.3 is 5.32 Å². The summed E-state index contributed by atoms with van der Waals surface area (Å²) in [7, 11) is 0. The number of fused-ring (bicyclic) bond motifs is 1. The van der Waals surface area contributed by atoms with Crippen LogP contribution < -0.4 is 5.32 Å². The van der Waals surface area contributed by atoms with Crippen LogP contribution in [-0.4, -0.2) is 44.7 Å². The summed E-state index contributed by atoms with van der Waals surface area (Å²) in [5.74, 6) is -0.0407. The van der Waals surface area contributed by atoms with E-state index in [1.54, 1.807) is 0 Å². The van der Waals surface area contributed by atoms with Crippen molar-refractivity contribution in [3.05, 3.63) is 82.9 Å². The molecule has 1 saturated carbocycles. The Morgan fingerprint density at radius 2 is 1.82 bits per heavy atom. The molecule has 3 heterocycles. The fourth-order valence-electron chi connectivity index (χ4n) is 5.29. The minimum absolute atomic E-state index is 0.0407. The average molecular weight is 444 g/mol. The van der Waals surface area contributed by atoms with Gasteiger partial charge in [-0.25, -0.2) is 0 Å². The highest BCUT2D eigenvalue weighted by molar-refractivity contribution is 5.94. The normalized spacial score (nSPS) is 16.6. The van der Waals surface area contributed by atoms with Gasteiger partial charge in [0, 0.05) is 55.7 Å². The number of nitrogens with zero attached hydrogens (tertiary/aromatic N) is 4. The molecule has 1 aromatic carbocycles. The Bertz CT molecular complexity index is 1060. The van der Waals surface area contributed by atoms with E-state index >= 15 is 0 Å². The number of aromatic nitrogens is 3. The molecule has 0 atom stereocenters. The van der Waals surface area contributed by atoms with Gasteiger partial charge in [-0.15, -0.1) is 0 Å². The standard InChI is InChI=1S/C27H33N5O/c33-27(29-15-6-9-21-7-2-1-3-8-21)26-24-20-31(23-10-4-5-11-23)18-14-25(24)32(30-26)19-22-12-16-28-17-13-22/h1-3,7-8,12-13,16-17,23H,4-6,9-11,14-15,18-20H2,(H,29,33). The number of carbonyl (C=O) groups excluding carboxylic acids is 1. The lowest BCUT2D eigenvalue weighted by Crippen LogP contribution is -2.38. The van der Waals surface area contributed by atoms with Crippen LogP contribution in [0.1, 0.15) is 65.0 Å². The van der Waals surface area contributed by atoms with Gasteiger partial charge in [-0.1, -0.05) is 43.2 Å². The summed E-state index contributed by atoms with van der Waals surface area (Å²) in [5.41, 5.74) is 5.42. The highest BCUT2D eigenvalue weighted by Gasteiger charge is 2.32. The van der Waals surface area contributed by atoms with Crippen LogP contribution in [0.4, 0.5) is 0 Å². The molecule has 1 amide bonds. The fraction of sp³-hybridized carbons (Fsp3) is 0.444. The van der Waals surface area contributed by atoms with Crippen molar-refractivity contribution in [1.29, 1.82) is 0 Å². The summed E-state index contributed by atoms with van der Waals surface area (Å²) in [6.07, 6.45) is 11.7. The van der Waals surface area contributed by atoms with Gasteiger partial charge in [0.1, 0.15) is 0 Å². The first-order valence-electron chi connectivity index (χ1n) is 12.3. The lowest BCUT2D eigenvalue weighted by Gasteiger charge is -2.32. The molecule has 1 fully saturated rings. The van der Waals surface area contributed by atoms with E-state index in [-0.39, 0.29) is 5.91 Å². The van der Waals surface area contributed by atoms with E-state index in [0.29, 0.717) is 24.8 Å². The lowest BCUT2D eigenvalue weighted by atomic mass is 10.0. The Kier molecular flexibility index (Phi) is 6.81. The molecule has 6 nitrogen and oxygen atoms in total. The molecule has 5 rings (SSSR count). The molecule has 2 aliphatic rings. The first kappa shape index (κ1) is 21.8. The second-order valence-electron chi connectivity index (χ2n) is 9.29. The third-order valence-corrected chi connectivity index (χ3v) is 7.07. The molecular formula is C27H33N5O. The third-order valence-electron chi connectivity index (χ3n) is 7.07. The number of rotatable bonds is 8. The van der Waals surface area contributed by atoms with Crippen LogP contribution in [0.15, 0.2) is 54.9 Å². The van der Waals surface area contributed by atoms with Gasteiger partial charge in [0.25, 0.3) is 5.91 Å².